The van der Waals surface area contributed by atoms with Gasteiger partial charge in [-0.1, -0.05) is 11.3 Å². The molecule has 2 aromatic heterocycles. The smallest absolute Gasteiger partial charge is 0.287 e. The number of nitrogens with zero attached hydrogens (tertiary/aromatic N) is 2. The van der Waals surface area contributed by atoms with E-state index in [1.165, 1.54) is 11.3 Å². The van der Waals surface area contributed by atoms with Crippen LogP contribution in [0.4, 0.5) is 0 Å². The van der Waals surface area contributed by atoms with Gasteiger partial charge in [0.1, 0.15) is 0 Å². The Hall–Kier alpha value is -0.900. The summed E-state index contributed by atoms with van der Waals surface area (Å²) in [4.78, 5) is 8.08. The van der Waals surface area contributed by atoms with Crippen LogP contribution in [-0.2, 0) is 0 Å². The lowest BCUT2D eigenvalue weighted by Crippen LogP contribution is -1.59. The van der Waals surface area contributed by atoms with Gasteiger partial charge in [0.2, 0.25) is 10.5 Å². The van der Waals surface area contributed by atoms with Crippen LogP contribution in [0.25, 0.3) is 10.5 Å². The third kappa shape index (κ3) is 0.376. The van der Waals surface area contributed by atoms with E-state index in [4.69, 9.17) is 4.42 Å². The number of aromatic nitrogens is 2. The fraction of sp³-hybridized carbons (Fsp3) is 0. The third-order valence-electron chi connectivity index (χ3n) is 0.762. The monoisotopic (exact) mass is 124 g/mol. The number of fused-ring (bicyclic) bond motifs is 1. The molecule has 38 valence electrons. The molecule has 0 bridgehead atoms. The lowest BCUT2D eigenvalue weighted by atomic mass is 10.9. The molecule has 2 radical (unpaired) electrons. The van der Waals surface area contributed by atoms with Gasteiger partial charge in [-0.15, -0.1) is 0 Å². The number of hydrogen-bond donors (Lipinski definition) is 0. The van der Waals surface area contributed by atoms with E-state index in [-0.39, 0.29) is 0 Å². The van der Waals surface area contributed by atoms with Crippen molar-refractivity contribution in [3.63, 3.8) is 0 Å². The van der Waals surface area contributed by atoms with Gasteiger partial charge >= 0.3 is 0 Å². The van der Waals surface area contributed by atoms with Crippen molar-refractivity contribution in [2.75, 3.05) is 0 Å². The van der Waals surface area contributed by atoms with Gasteiger partial charge in [0.15, 0.2) is 5.51 Å². The van der Waals surface area contributed by atoms with Crippen molar-refractivity contribution in [3.8, 4) is 0 Å². The summed E-state index contributed by atoms with van der Waals surface area (Å²) in [6.45, 7) is 0. The molecular weight excluding hydrogens is 124 g/mol. The average Bonchev–Trinajstić information content (AvgIpc) is 2.15. The highest BCUT2D eigenvalue weighted by molar-refractivity contribution is 7.15. The Morgan fingerprint density at radius 2 is 2.50 bits per heavy atom. The van der Waals surface area contributed by atoms with Gasteiger partial charge in [0.25, 0.3) is 6.39 Å². The number of oxazole rings is 1. The minimum atomic E-state index is 0.593. The highest BCUT2D eigenvalue weighted by Crippen LogP contribution is 2.12. The topological polar surface area (TPSA) is 38.9 Å². The molecule has 0 unspecified atom stereocenters. The number of rotatable bonds is 0. The van der Waals surface area contributed by atoms with Crippen LogP contribution in [0.15, 0.2) is 4.42 Å². The van der Waals surface area contributed by atoms with Crippen molar-refractivity contribution < 1.29 is 4.42 Å². The number of thiazole rings is 1. The SMILES string of the molecule is [c]1nc2n[c]sc2o1. The molecule has 2 rings (SSSR count). The first-order chi connectivity index (χ1) is 3.97. The van der Waals surface area contributed by atoms with Crippen LogP contribution < -0.4 is 0 Å². The van der Waals surface area contributed by atoms with Crippen molar-refractivity contribution in [1.82, 2.24) is 9.97 Å². The third-order valence-corrected chi connectivity index (χ3v) is 1.40. The minimum Gasteiger partial charge on any atom is -0.419 e. The Labute approximate surface area is 49.0 Å². The van der Waals surface area contributed by atoms with Gasteiger partial charge < -0.3 is 4.42 Å². The summed E-state index contributed by atoms with van der Waals surface area (Å²) in [5.41, 5.74) is 3.23. The van der Waals surface area contributed by atoms with Crippen molar-refractivity contribution in [2.24, 2.45) is 0 Å². The van der Waals surface area contributed by atoms with Crippen LogP contribution in [0.2, 0.25) is 0 Å². The van der Waals surface area contributed by atoms with Crippen LogP contribution in [0, 0.1) is 11.9 Å². The van der Waals surface area contributed by atoms with E-state index < -0.39 is 0 Å². The van der Waals surface area contributed by atoms with E-state index in [1.807, 2.05) is 0 Å². The summed E-state index contributed by atoms with van der Waals surface area (Å²) in [5.74, 6) is 0. The van der Waals surface area contributed by atoms with E-state index in [0.29, 0.717) is 10.5 Å². The van der Waals surface area contributed by atoms with E-state index >= 15 is 0 Å². The molecule has 2 aromatic rings. The lowest BCUT2D eigenvalue weighted by molar-refractivity contribution is 0.598. The zero-order chi connectivity index (χ0) is 5.40. The second kappa shape index (κ2) is 1.29. The molecule has 3 nitrogen and oxygen atoms in total. The minimum absolute atomic E-state index is 0.593. The normalized spacial score (nSPS) is 10.5. The van der Waals surface area contributed by atoms with Gasteiger partial charge in [-0.25, -0.2) is 4.98 Å². The summed E-state index contributed by atoms with van der Waals surface area (Å²) < 4.78 is 4.75. The molecule has 0 atom stereocenters. The van der Waals surface area contributed by atoms with E-state index in [1.54, 1.807) is 0 Å². The highest BCUT2D eigenvalue weighted by atomic mass is 32.1. The zero-order valence-electron chi connectivity index (χ0n) is 3.71. The van der Waals surface area contributed by atoms with Crippen molar-refractivity contribution in [2.45, 2.75) is 0 Å². The first kappa shape index (κ1) is 4.03. The largest absolute Gasteiger partial charge is 0.419 e. The Bertz CT molecular complexity index is 235. The van der Waals surface area contributed by atoms with Crippen LogP contribution >= 0.6 is 11.3 Å². The van der Waals surface area contributed by atoms with Crippen LogP contribution in [0.5, 0.6) is 0 Å². The van der Waals surface area contributed by atoms with Gasteiger partial charge in [0, 0.05) is 0 Å². The molecule has 0 aliphatic carbocycles. The summed E-state index contributed by atoms with van der Waals surface area (Å²) in [7, 11) is 0. The highest BCUT2D eigenvalue weighted by Gasteiger charge is 1.98. The Morgan fingerprint density at radius 1 is 1.50 bits per heavy atom. The fourth-order valence-corrected chi connectivity index (χ4v) is 0.920. The van der Waals surface area contributed by atoms with Gasteiger partial charge in [-0.2, -0.15) is 4.98 Å². The molecule has 0 saturated carbocycles. The Balaban J connectivity index is 3.06. The molecule has 0 aromatic carbocycles. The molecule has 0 aliphatic heterocycles. The molecule has 0 amide bonds. The molecule has 4 heteroatoms. The molecule has 8 heavy (non-hydrogen) atoms. The summed E-state index contributed by atoms with van der Waals surface area (Å²) in [6, 6.07) is 0. The van der Waals surface area contributed by atoms with Gasteiger partial charge in [-0.05, 0) is 0 Å². The number of hydrogen-bond acceptors (Lipinski definition) is 4. The van der Waals surface area contributed by atoms with Crippen molar-refractivity contribution >= 4 is 21.9 Å². The maximum absolute atomic E-state index is 4.75. The van der Waals surface area contributed by atoms with E-state index in [9.17, 15) is 0 Å². The second-order valence-electron chi connectivity index (χ2n) is 1.22. The van der Waals surface area contributed by atoms with Crippen LogP contribution in [-0.4, -0.2) is 9.97 Å². The van der Waals surface area contributed by atoms with Crippen LogP contribution in [0.3, 0.4) is 0 Å². The summed E-state index contributed by atoms with van der Waals surface area (Å²) in [5, 5.41) is 0. The molecule has 0 saturated heterocycles. The molecule has 0 N–H and O–H groups in total. The predicted molar refractivity (Wildman–Crippen MR) is 27.4 cm³/mol. The predicted octanol–water partition coefficient (Wildman–Crippen LogP) is 0.885. The Morgan fingerprint density at radius 3 is 3.38 bits per heavy atom. The standard InChI is InChI=1S/C4N2OS/c1-5-3-4(7-1)8-2-6-3. The maximum atomic E-state index is 4.75. The average molecular weight is 124 g/mol. The van der Waals surface area contributed by atoms with Crippen LogP contribution in [0.1, 0.15) is 0 Å². The fourth-order valence-electron chi connectivity index (χ4n) is 0.443. The van der Waals surface area contributed by atoms with Crippen molar-refractivity contribution in [1.29, 1.82) is 0 Å². The lowest BCUT2D eigenvalue weighted by Gasteiger charge is -1.59. The summed E-state index contributed by atoms with van der Waals surface area (Å²) in [6.07, 6.45) is 2.32. The molecule has 2 heterocycles. The van der Waals surface area contributed by atoms with E-state index in [2.05, 4.69) is 21.9 Å². The molecule has 0 fully saturated rings. The van der Waals surface area contributed by atoms with Crippen molar-refractivity contribution in [3.05, 3.63) is 11.9 Å². The van der Waals surface area contributed by atoms with Gasteiger partial charge in [0.05, 0.1) is 0 Å². The molecular formula is C4N2OS. The first-order valence-electron chi connectivity index (χ1n) is 1.96. The maximum Gasteiger partial charge on any atom is 0.287 e. The van der Waals surface area contributed by atoms with Gasteiger partial charge in [-0.3, -0.25) is 0 Å². The molecule has 0 spiro atoms. The first-order valence-corrected chi connectivity index (χ1v) is 2.78. The zero-order valence-corrected chi connectivity index (χ0v) is 4.53. The second-order valence-corrected chi connectivity index (χ2v) is 1.98. The quantitative estimate of drug-likeness (QED) is 0.523. The Kier molecular flexibility index (Phi) is 0.648. The summed E-state index contributed by atoms with van der Waals surface area (Å²) >= 11 is 1.30. The molecule has 0 aliphatic rings. The van der Waals surface area contributed by atoms with E-state index in [0.717, 1.165) is 0 Å².